The summed E-state index contributed by atoms with van der Waals surface area (Å²) in [5, 5.41) is 19.9. The maximum Gasteiger partial charge on any atom is 0.534 e. The van der Waals surface area contributed by atoms with Crippen LogP contribution in [-0.4, -0.2) is 35.7 Å². The second-order valence-corrected chi connectivity index (χ2v) is 7.25. The van der Waals surface area contributed by atoms with Gasteiger partial charge >= 0.3 is 15.6 Å². The summed E-state index contributed by atoms with van der Waals surface area (Å²) in [6.45, 7) is 1.53. The van der Waals surface area contributed by atoms with Crippen molar-refractivity contribution >= 4 is 21.7 Å². The summed E-state index contributed by atoms with van der Waals surface area (Å²) >= 11 is 0. The Morgan fingerprint density at radius 1 is 0.889 bits per heavy atom. The number of aromatic hydroxyl groups is 2. The number of ketones is 2. The van der Waals surface area contributed by atoms with Crippen molar-refractivity contribution in [3.8, 4) is 17.2 Å². The summed E-state index contributed by atoms with van der Waals surface area (Å²) in [5.74, 6) is -4.31. The van der Waals surface area contributed by atoms with Gasteiger partial charge in [0, 0.05) is 17.2 Å². The summed E-state index contributed by atoms with van der Waals surface area (Å²) in [4.78, 5) is 25.2. The molecule has 1 aliphatic carbocycles. The van der Waals surface area contributed by atoms with Crippen LogP contribution in [0.2, 0.25) is 0 Å². The van der Waals surface area contributed by atoms with Crippen molar-refractivity contribution in [1.29, 1.82) is 0 Å². The van der Waals surface area contributed by atoms with Crippen molar-refractivity contribution in [1.82, 2.24) is 0 Å². The zero-order valence-corrected chi connectivity index (χ0v) is 14.1. The fourth-order valence-electron chi connectivity index (χ4n) is 2.70. The molecule has 0 bridgehead atoms. The van der Waals surface area contributed by atoms with E-state index in [1.165, 1.54) is 19.1 Å². The van der Waals surface area contributed by atoms with Crippen molar-refractivity contribution in [3.63, 3.8) is 0 Å². The Morgan fingerprint density at radius 3 is 1.96 bits per heavy atom. The summed E-state index contributed by atoms with van der Waals surface area (Å²) < 4.78 is 63.5. The Bertz CT molecular complexity index is 1120. The standard InChI is InChI=1S/C16H9F3O7S/c1-6-2-8-12(10(20)3-6)15(23)13-9(14(8)22)4-7(5-11(13)21)26-27(24,25)16(17,18)19/h2-5,20-21H,1H3. The largest absolute Gasteiger partial charge is 0.534 e. The van der Waals surface area contributed by atoms with Gasteiger partial charge in [0.1, 0.15) is 17.2 Å². The Kier molecular flexibility index (Phi) is 3.95. The number of carbonyl (C=O) groups is 2. The van der Waals surface area contributed by atoms with E-state index in [0.717, 1.165) is 0 Å². The van der Waals surface area contributed by atoms with Gasteiger partial charge in [-0.2, -0.15) is 21.6 Å². The predicted molar refractivity (Wildman–Crippen MR) is 83.4 cm³/mol. The lowest BCUT2D eigenvalue weighted by Crippen LogP contribution is -2.28. The summed E-state index contributed by atoms with van der Waals surface area (Å²) in [5.41, 5.74) is -7.04. The molecule has 7 nitrogen and oxygen atoms in total. The predicted octanol–water partition coefficient (Wildman–Crippen LogP) is 2.41. The van der Waals surface area contributed by atoms with E-state index in [4.69, 9.17) is 0 Å². The SMILES string of the molecule is Cc1cc(O)c2c(c1)C(=O)c1cc(OS(=O)(=O)C(F)(F)F)cc(O)c1C2=O. The Hall–Kier alpha value is -3.08. The first-order chi connectivity index (χ1) is 12.3. The molecule has 0 aliphatic heterocycles. The number of phenolic OH excluding ortho intramolecular Hbond substituents is 2. The number of alkyl halides is 3. The van der Waals surface area contributed by atoms with Crippen LogP contribution < -0.4 is 4.18 Å². The molecule has 0 fully saturated rings. The minimum absolute atomic E-state index is 0.236. The van der Waals surface area contributed by atoms with Crippen LogP contribution in [0.5, 0.6) is 17.2 Å². The molecule has 0 unspecified atom stereocenters. The minimum Gasteiger partial charge on any atom is -0.507 e. The number of carbonyl (C=O) groups excluding carboxylic acids is 2. The summed E-state index contributed by atoms with van der Waals surface area (Å²) in [6.07, 6.45) is 0. The van der Waals surface area contributed by atoms with Crippen molar-refractivity contribution in [3.05, 3.63) is 52.1 Å². The van der Waals surface area contributed by atoms with Gasteiger partial charge in [0.05, 0.1) is 11.1 Å². The highest BCUT2D eigenvalue weighted by atomic mass is 32.2. The van der Waals surface area contributed by atoms with Crippen LogP contribution in [0.4, 0.5) is 13.2 Å². The molecule has 0 amide bonds. The van der Waals surface area contributed by atoms with Gasteiger partial charge in [-0.05, 0) is 30.7 Å². The number of benzene rings is 2. The Labute approximate surface area is 149 Å². The van der Waals surface area contributed by atoms with Gasteiger partial charge in [-0.1, -0.05) is 0 Å². The second-order valence-electron chi connectivity index (χ2n) is 5.71. The highest BCUT2D eigenvalue weighted by molar-refractivity contribution is 7.88. The van der Waals surface area contributed by atoms with E-state index >= 15 is 0 Å². The van der Waals surface area contributed by atoms with E-state index in [-0.39, 0.29) is 11.1 Å². The van der Waals surface area contributed by atoms with Crippen LogP contribution in [0.25, 0.3) is 0 Å². The van der Waals surface area contributed by atoms with E-state index in [2.05, 4.69) is 4.18 Å². The monoisotopic (exact) mass is 402 g/mol. The zero-order chi connectivity index (χ0) is 20.3. The molecule has 0 heterocycles. The molecular weight excluding hydrogens is 393 g/mol. The van der Waals surface area contributed by atoms with Crippen molar-refractivity contribution in [2.24, 2.45) is 0 Å². The fraction of sp³-hybridized carbons (Fsp3) is 0.125. The maximum absolute atomic E-state index is 12.6. The lowest BCUT2D eigenvalue weighted by molar-refractivity contribution is -0.0500. The molecule has 11 heteroatoms. The number of halogens is 3. The van der Waals surface area contributed by atoms with E-state index < -0.39 is 55.6 Å². The minimum atomic E-state index is -6.05. The summed E-state index contributed by atoms with van der Waals surface area (Å²) in [6, 6.07) is 3.57. The third-order valence-corrected chi connectivity index (χ3v) is 4.76. The molecule has 2 N–H and O–H groups in total. The van der Waals surface area contributed by atoms with Gasteiger partial charge in [0.2, 0.25) is 5.78 Å². The number of hydrogen-bond acceptors (Lipinski definition) is 7. The van der Waals surface area contributed by atoms with Gasteiger partial charge in [0.25, 0.3) is 0 Å². The molecule has 0 saturated heterocycles. The van der Waals surface area contributed by atoms with Crippen LogP contribution in [0, 0.1) is 6.92 Å². The average molecular weight is 402 g/mol. The molecule has 27 heavy (non-hydrogen) atoms. The van der Waals surface area contributed by atoms with E-state index in [9.17, 15) is 41.4 Å². The molecule has 0 aromatic heterocycles. The van der Waals surface area contributed by atoms with Crippen molar-refractivity contribution in [2.75, 3.05) is 0 Å². The number of aryl methyl sites for hydroxylation is 1. The zero-order valence-electron chi connectivity index (χ0n) is 13.3. The first kappa shape index (κ1) is 18.7. The molecule has 0 saturated carbocycles. The lowest BCUT2D eigenvalue weighted by Gasteiger charge is -2.20. The number of hydrogen-bond donors (Lipinski definition) is 2. The molecule has 2 aromatic carbocycles. The molecular formula is C16H9F3O7S. The Morgan fingerprint density at radius 2 is 1.41 bits per heavy atom. The lowest BCUT2D eigenvalue weighted by atomic mass is 9.82. The van der Waals surface area contributed by atoms with Crippen LogP contribution in [-0.2, 0) is 10.1 Å². The molecule has 3 rings (SSSR count). The van der Waals surface area contributed by atoms with E-state index in [0.29, 0.717) is 17.7 Å². The number of phenols is 2. The first-order valence-electron chi connectivity index (χ1n) is 7.14. The summed E-state index contributed by atoms with van der Waals surface area (Å²) in [7, 11) is -6.05. The third kappa shape index (κ3) is 2.89. The molecule has 0 radical (unpaired) electrons. The normalized spacial score (nSPS) is 13.9. The molecule has 1 aliphatic rings. The van der Waals surface area contributed by atoms with Gasteiger partial charge in [-0.25, -0.2) is 0 Å². The first-order valence-corrected chi connectivity index (χ1v) is 8.55. The molecule has 0 atom stereocenters. The van der Waals surface area contributed by atoms with Crippen molar-refractivity contribution < 1.29 is 45.6 Å². The highest BCUT2D eigenvalue weighted by Crippen LogP contribution is 2.40. The van der Waals surface area contributed by atoms with Crippen molar-refractivity contribution in [2.45, 2.75) is 12.4 Å². The average Bonchev–Trinajstić information content (AvgIpc) is 2.49. The smallest absolute Gasteiger partial charge is 0.507 e. The number of fused-ring (bicyclic) bond motifs is 2. The quantitative estimate of drug-likeness (QED) is 0.499. The van der Waals surface area contributed by atoms with Crippen LogP contribution in [0.15, 0.2) is 24.3 Å². The number of rotatable bonds is 2. The van der Waals surface area contributed by atoms with Crippen LogP contribution in [0.3, 0.4) is 0 Å². The van der Waals surface area contributed by atoms with Crippen LogP contribution in [0.1, 0.15) is 37.4 Å². The molecule has 0 spiro atoms. The van der Waals surface area contributed by atoms with Gasteiger partial charge in [-0.15, -0.1) is 0 Å². The Balaban J connectivity index is 2.19. The van der Waals surface area contributed by atoms with Gasteiger partial charge < -0.3 is 14.4 Å². The van der Waals surface area contributed by atoms with E-state index in [1.54, 1.807) is 0 Å². The molecule has 2 aromatic rings. The maximum atomic E-state index is 12.6. The highest BCUT2D eigenvalue weighted by Gasteiger charge is 2.49. The molecule has 142 valence electrons. The van der Waals surface area contributed by atoms with Crippen LogP contribution >= 0.6 is 0 Å². The fourth-order valence-corrected chi connectivity index (χ4v) is 3.14. The van der Waals surface area contributed by atoms with Gasteiger partial charge in [-0.3, -0.25) is 9.59 Å². The topological polar surface area (TPSA) is 118 Å². The second kappa shape index (κ2) is 5.71. The van der Waals surface area contributed by atoms with Gasteiger partial charge in [0.15, 0.2) is 5.78 Å². The van der Waals surface area contributed by atoms with E-state index in [1.807, 2.05) is 0 Å². The third-order valence-electron chi connectivity index (χ3n) is 3.79.